The molecule has 9 heteroatoms. The Morgan fingerprint density at radius 1 is 1.03 bits per heavy atom. The van der Waals surface area contributed by atoms with Crippen LogP contribution in [0.2, 0.25) is 0 Å². The highest BCUT2D eigenvalue weighted by Crippen LogP contribution is 2.41. The molecule has 1 saturated heterocycles. The van der Waals surface area contributed by atoms with Crippen LogP contribution >= 0.6 is 0 Å². The molecule has 39 heavy (non-hydrogen) atoms. The molecule has 0 spiro atoms. The number of nitro benzene ring substituents is 1. The lowest BCUT2D eigenvalue weighted by Crippen LogP contribution is -2.29. The minimum atomic E-state index is -0.979. The van der Waals surface area contributed by atoms with Crippen LogP contribution in [0.15, 0.2) is 101 Å². The zero-order valence-corrected chi connectivity index (χ0v) is 20.9. The van der Waals surface area contributed by atoms with Crippen LogP contribution in [0.4, 0.5) is 5.69 Å². The first kappa shape index (κ1) is 25.5. The van der Waals surface area contributed by atoms with Gasteiger partial charge in [-0.25, -0.2) is 0 Å². The average Bonchev–Trinajstić information content (AvgIpc) is 3.54. The van der Waals surface area contributed by atoms with Gasteiger partial charge in [-0.1, -0.05) is 29.8 Å². The van der Waals surface area contributed by atoms with E-state index in [4.69, 9.17) is 9.15 Å². The summed E-state index contributed by atoms with van der Waals surface area (Å²) in [4.78, 5) is 38.2. The minimum Gasteiger partial charge on any atom is -0.507 e. The summed E-state index contributed by atoms with van der Waals surface area (Å²) in [5, 5.41) is 22.4. The lowest BCUT2D eigenvalue weighted by molar-refractivity contribution is -0.384. The van der Waals surface area contributed by atoms with Gasteiger partial charge in [-0.2, -0.15) is 0 Å². The van der Waals surface area contributed by atoms with Crippen LogP contribution in [0.1, 0.15) is 34.1 Å². The Balaban J connectivity index is 1.47. The summed E-state index contributed by atoms with van der Waals surface area (Å²) < 4.78 is 11.2. The Labute approximate surface area is 223 Å². The third-order valence-electron chi connectivity index (χ3n) is 6.48. The highest BCUT2D eigenvalue weighted by molar-refractivity contribution is 6.46. The Morgan fingerprint density at radius 2 is 1.77 bits per heavy atom. The second kappa shape index (κ2) is 10.7. The predicted octanol–water partition coefficient (Wildman–Crippen LogP) is 5.70. The Bertz CT molecular complexity index is 1560. The Hall–Kier alpha value is -5.18. The first-order chi connectivity index (χ1) is 18.8. The number of ketones is 1. The van der Waals surface area contributed by atoms with E-state index in [1.165, 1.54) is 35.4 Å². The largest absolute Gasteiger partial charge is 0.507 e. The van der Waals surface area contributed by atoms with Gasteiger partial charge in [-0.05, 0) is 66.6 Å². The van der Waals surface area contributed by atoms with Crippen LogP contribution in [0, 0.1) is 17.0 Å². The van der Waals surface area contributed by atoms with E-state index in [-0.39, 0.29) is 23.6 Å². The molecule has 2 heterocycles. The van der Waals surface area contributed by atoms with Crippen LogP contribution in [0.25, 0.3) is 5.76 Å². The van der Waals surface area contributed by atoms with Crippen molar-refractivity contribution in [3.63, 3.8) is 0 Å². The van der Waals surface area contributed by atoms with Gasteiger partial charge in [0.15, 0.2) is 0 Å². The second-order valence-electron chi connectivity index (χ2n) is 9.16. The SMILES string of the molecule is Cc1cccc(COc2ccc(/C(O)=C3\C(=O)C(=O)N(Cc4ccco4)[C@H]3c3ccc([N+](=O)[O-])cc3)cc2)c1. The Morgan fingerprint density at radius 3 is 2.41 bits per heavy atom. The number of rotatable bonds is 8. The number of Topliss-reactive ketones (excluding diaryl/α,β-unsaturated/α-hetero) is 1. The summed E-state index contributed by atoms with van der Waals surface area (Å²) in [7, 11) is 0. The molecule has 1 fully saturated rings. The molecule has 1 atom stereocenters. The van der Waals surface area contributed by atoms with Gasteiger partial charge in [0.2, 0.25) is 0 Å². The zero-order chi connectivity index (χ0) is 27.5. The third kappa shape index (κ3) is 5.28. The maximum Gasteiger partial charge on any atom is 0.296 e. The van der Waals surface area contributed by atoms with E-state index in [0.29, 0.717) is 29.2 Å². The summed E-state index contributed by atoms with van der Waals surface area (Å²) in [5.74, 6) is -1.02. The van der Waals surface area contributed by atoms with Crippen LogP contribution in [0.3, 0.4) is 0 Å². The predicted molar refractivity (Wildman–Crippen MR) is 142 cm³/mol. The number of benzene rings is 3. The van der Waals surface area contributed by atoms with E-state index >= 15 is 0 Å². The van der Waals surface area contributed by atoms with E-state index in [2.05, 4.69) is 0 Å². The normalized spacial score (nSPS) is 16.4. The van der Waals surface area contributed by atoms with E-state index in [1.807, 2.05) is 31.2 Å². The van der Waals surface area contributed by atoms with Gasteiger partial charge in [0, 0.05) is 17.7 Å². The van der Waals surface area contributed by atoms with Gasteiger partial charge in [-0.15, -0.1) is 0 Å². The highest BCUT2D eigenvalue weighted by atomic mass is 16.6. The fraction of sp³-hybridized carbons (Fsp3) is 0.133. The van der Waals surface area contributed by atoms with Crippen molar-refractivity contribution in [2.75, 3.05) is 0 Å². The molecule has 0 unspecified atom stereocenters. The third-order valence-corrected chi connectivity index (χ3v) is 6.48. The average molecular weight is 525 g/mol. The number of nitrogens with zero attached hydrogens (tertiary/aromatic N) is 2. The molecule has 0 radical (unpaired) electrons. The van der Waals surface area contributed by atoms with E-state index < -0.39 is 22.7 Å². The van der Waals surface area contributed by atoms with Crippen molar-refractivity contribution < 1.29 is 28.8 Å². The molecule has 0 aliphatic carbocycles. The molecule has 9 nitrogen and oxygen atoms in total. The number of furan rings is 1. The first-order valence-electron chi connectivity index (χ1n) is 12.2. The molecular weight excluding hydrogens is 500 g/mol. The molecule has 0 saturated carbocycles. The van der Waals surface area contributed by atoms with Crippen molar-refractivity contribution in [2.24, 2.45) is 0 Å². The number of aliphatic hydroxyl groups is 1. The molecule has 1 amide bonds. The van der Waals surface area contributed by atoms with Gasteiger partial charge in [-0.3, -0.25) is 19.7 Å². The van der Waals surface area contributed by atoms with Crippen LogP contribution < -0.4 is 4.74 Å². The van der Waals surface area contributed by atoms with E-state index in [9.17, 15) is 24.8 Å². The van der Waals surface area contributed by atoms with Crippen LogP contribution in [-0.4, -0.2) is 26.6 Å². The molecule has 1 aliphatic rings. The molecule has 1 N–H and O–H groups in total. The molecule has 1 aromatic heterocycles. The topological polar surface area (TPSA) is 123 Å². The Kier molecular flexibility index (Phi) is 6.96. The fourth-order valence-corrected chi connectivity index (χ4v) is 4.57. The number of non-ortho nitro benzene ring substituents is 1. The zero-order valence-electron chi connectivity index (χ0n) is 20.9. The second-order valence-corrected chi connectivity index (χ2v) is 9.16. The number of nitro groups is 1. The smallest absolute Gasteiger partial charge is 0.296 e. The fourth-order valence-electron chi connectivity index (χ4n) is 4.57. The number of aryl methyl sites for hydroxylation is 1. The van der Waals surface area contributed by atoms with Crippen molar-refractivity contribution in [1.82, 2.24) is 4.90 Å². The number of hydrogen-bond acceptors (Lipinski definition) is 7. The molecule has 0 bridgehead atoms. The van der Waals surface area contributed by atoms with Crippen LogP contribution in [-0.2, 0) is 22.7 Å². The number of amides is 1. The number of carbonyl (C=O) groups is 2. The van der Waals surface area contributed by atoms with Crippen molar-refractivity contribution in [3.05, 3.63) is 135 Å². The summed E-state index contributed by atoms with van der Waals surface area (Å²) in [5.41, 5.74) is 2.65. The molecule has 5 rings (SSSR count). The van der Waals surface area contributed by atoms with Crippen molar-refractivity contribution >= 4 is 23.1 Å². The quantitative estimate of drug-likeness (QED) is 0.103. The number of hydrogen-bond donors (Lipinski definition) is 1. The van der Waals surface area contributed by atoms with Gasteiger partial charge < -0.3 is 19.2 Å². The van der Waals surface area contributed by atoms with Crippen molar-refractivity contribution in [3.8, 4) is 5.75 Å². The first-order valence-corrected chi connectivity index (χ1v) is 12.2. The highest BCUT2D eigenvalue weighted by Gasteiger charge is 2.46. The lowest BCUT2D eigenvalue weighted by atomic mass is 9.95. The van der Waals surface area contributed by atoms with Gasteiger partial charge >= 0.3 is 0 Å². The summed E-state index contributed by atoms with van der Waals surface area (Å²) >= 11 is 0. The van der Waals surface area contributed by atoms with Gasteiger partial charge in [0.1, 0.15) is 23.9 Å². The number of aliphatic hydroxyl groups excluding tert-OH is 1. The van der Waals surface area contributed by atoms with Crippen molar-refractivity contribution in [2.45, 2.75) is 26.1 Å². The summed E-state index contributed by atoms with van der Waals surface area (Å²) in [6.45, 7) is 2.34. The number of carbonyl (C=O) groups excluding carboxylic acids is 2. The minimum absolute atomic E-state index is 0.0260. The van der Waals surface area contributed by atoms with Crippen molar-refractivity contribution in [1.29, 1.82) is 0 Å². The maximum absolute atomic E-state index is 13.2. The maximum atomic E-state index is 13.2. The molecule has 3 aromatic carbocycles. The standard InChI is InChI=1S/C30H24N2O7/c1-19-4-2-5-20(16-19)18-39-24-13-9-22(10-14-24)28(33)26-27(21-7-11-23(12-8-21)32(36)37)31(30(35)29(26)34)17-25-6-3-15-38-25/h2-16,27,33H,17-18H2,1H3/b28-26+/t27-/m0/s1. The molecule has 196 valence electrons. The molecule has 1 aliphatic heterocycles. The number of likely N-dealkylation sites (tertiary alicyclic amines) is 1. The summed E-state index contributed by atoms with van der Waals surface area (Å²) in [6, 6.07) is 22.4. The monoisotopic (exact) mass is 524 g/mol. The summed E-state index contributed by atoms with van der Waals surface area (Å²) in [6.07, 6.45) is 1.45. The van der Waals surface area contributed by atoms with E-state index in [1.54, 1.807) is 36.4 Å². The molecule has 4 aromatic rings. The molecular formula is C30H24N2O7. The number of ether oxygens (including phenoxy) is 1. The van der Waals surface area contributed by atoms with Gasteiger partial charge in [0.25, 0.3) is 17.4 Å². The van der Waals surface area contributed by atoms with E-state index in [0.717, 1.165) is 11.1 Å². The van der Waals surface area contributed by atoms with Gasteiger partial charge in [0.05, 0.1) is 29.3 Å². The van der Waals surface area contributed by atoms with Crippen LogP contribution in [0.5, 0.6) is 5.75 Å². The lowest BCUT2D eigenvalue weighted by Gasteiger charge is -2.24.